The Bertz CT molecular complexity index is 2380. The standard InChI is InChI=1S/2C18H20FN5O2.C4H6O4/c2*1-22-17(25)8-16(23-6-2-3-15(21)11-23)24(18(22)26)10-13-7-14(19)5-4-12(13)9-20;5-3(6)1-2-4(7)8/h2*4-5,7-8,15H,2-3,6,10-11,21H2,1H3;1-2H2,(H,5,6)(H,7,8). The monoisotopic (exact) mass is 832 g/mol. The number of hydrogen-bond acceptors (Lipinski definition) is 12. The second-order valence-corrected chi connectivity index (χ2v) is 14.3. The van der Waals surface area contributed by atoms with Crippen LogP contribution in [-0.4, -0.2) is 78.7 Å². The maximum Gasteiger partial charge on any atom is 0.332 e. The van der Waals surface area contributed by atoms with Crippen LogP contribution >= 0.6 is 0 Å². The first-order valence-corrected chi connectivity index (χ1v) is 18.9. The van der Waals surface area contributed by atoms with Gasteiger partial charge in [-0.05, 0) is 73.2 Å². The Labute approximate surface area is 341 Å². The van der Waals surface area contributed by atoms with Crippen LogP contribution in [0.3, 0.4) is 0 Å². The molecule has 2 aliphatic rings. The Morgan fingerprint density at radius 3 is 1.37 bits per heavy atom. The molecule has 6 N–H and O–H groups in total. The van der Waals surface area contributed by atoms with Gasteiger partial charge < -0.3 is 31.5 Å². The number of aromatic nitrogens is 4. The highest BCUT2D eigenvalue weighted by Gasteiger charge is 2.24. The first-order chi connectivity index (χ1) is 28.4. The van der Waals surface area contributed by atoms with E-state index in [-0.39, 0.29) is 49.1 Å². The number of benzene rings is 2. The van der Waals surface area contributed by atoms with Crippen molar-refractivity contribution in [2.24, 2.45) is 25.6 Å². The molecule has 2 aliphatic heterocycles. The van der Waals surface area contributed by atoms with E-state index in [9.17, 15) is 48.1 Å². The summed E-state index contributed by atoms with van der Waals surface area (Å²) in [5.41, 5.74) is 11.5. The first-order valence-electron chi connectivity index (χ1n) is 18.9. The molecular weight excluding hydrogens is 786 g/mol. The van der Waals surface area contributed by atoms with E-state index in [0.29, 0.717) is 48.9 Å². The van der Waals surface area contributed by atoms with Gasteiger partial charge in [-0.25, -0.2) is 18.4 Å². The Hall–Kier alpha value is -6.90. The Morgan fingerprint density at radius 2 is 1.05 bits per heavy atom. The van der Waals surface area contributed by atoms with Gasteiger partial charge in [0.2, 0.25) is 0 Å². The smallest absolute Gasteiger partial charge is 0.332 e. The summed E-state index contributed by atoms with van der Waals surface area (Å²) in [4.78, 5) is 72.8. The van der Waals surface area contributed by atoms with Crippen LogP contribution in [0.25, 0.3) is 0 Å². The number of halogens is 2. The van der Waals surface area contributed by atoms with Crippen molar-refractivity contribution in [2.45, 2.75) is 63.7 Å². The van der Waals surface area contributed by atoms with E-state index in [4.69, 9.17) is 21.7 Å². The molecule has 4 aromatic rings. The lowest BCUT2D eigenvalue weighted by Crippen LogP contribution is -2.47. The van der Waals surface area contributed by atoms with Crippen LogP contribution in [0.15, 0.2) is 67.7 Å². The Balaban J connectivity index is 0.000000224. The van der Waals surface area contributed by atoms with E-state index in [1.807, 2.05) is 21.9 Å². The molecular formula is C40H46F2N10O8. The molecule has 0 saturated carbocycles. The molecule has 2 fully saturated rings. The van der Waals surface area contributed by atoms with E-state index in [1.54, 1.807) is 0 Å². The minimum absolute atomic E-state index is 0.00528. The third-order valence-corrected chi connectivity index (χ3v) is 9.90. The number of hydrogen-bond donors (Lipinski definition) is 4. The number of rotatable bonds is 9. The predicted molar refractivity (Wildman–Crippen MR) is 216 cm³/mol. The molecule has 0 radical (unpaired) electrons. The van der Waals surface area contributed by atoms with Gasteiger partial charge in [0.25, 0.3) is 11.1 Å². The van der Waals surface area contributed by atoms with Crippen LogP contribution in [0.2, 0.25) is 0 Å². The van der Waals surface area contributed by atoms with Crippen molar-refractivity contribution in [2.75, 3.05) is 36.0 Å². The van der Waals surface area contributed by atoms with Crippen LogP contribution < -0.4 is 43.8 Å². The lowest BCUT2D eigenvalue weighted by atomic mass is 10.1. The number of piperidine rings is 2. The fourth-order valence-electron chi connectivity index (χ4n) is 6.73. The minimum atomic E-state index is -1.08. The maximum absolute atomic E-state index is 13.7. The quantitative estimate of drug-likeness (QED) is 0.183. The van der Waals surface area contributed by atoms with Crippen LogP contribution in [0.5, 0.6) is 0 Å². The van der Waals surface area contributed by atoms with Gasteiger partial charge in [-0.3, -0.25) is 37.4 Å². The zero-order chi connectivity index (χ0) is 44.3. The summed E-state index contributed by atoms with van der Waals surface area (Å²) in [5, 5.41) is 34.3. The third kappa shape index (κ3) is 11.8. The molecule has 2 aromatic carbocycles. The van der Waals surface area contributed by atoms with Gasteiger partial charge in [0.15, 0.2) is 0 Å². The van der Waals surface area contributed by atoms with Gasteiger partial charge in [-0.1, -0.05) is 0 Å². The highest BCUT2D eigenvalue weighted by atomic mass is 19.1. The summed E-state index contributed by atoms with van der Waals surface area (Å²) in [6.07, 6.45) is 2.88. The average molecular weight is 833 g/mol. The van der Waals surface area contributed by atoms with Gasteiger partial charge in [-0.2, -0.15) is 10.5 Å². The molecule has 4 heterocycles. The topological polar surface area (TPSA) is 269 Å². The number of anilines is 2. The number of carboxylic acids is 2. The van der Waals surface area contributed by atoms with E-state index in [0.717, 1.165) is 34.8 Å². The number of carboxylic acid groups (broad SMARTS) is 2. The maximum atomic E-state index is 13.7. The van der Waals surface area contributed by atoms with Gasteiger partial charge in [0.1, 0.15) is 23.3 Å². The molecule has 2 aromatic heterocycles. The van der Waals surface area contributed by atoms with E-state index in [2.05, 4.69) is 0 Å². The average Bonchev–Trinajstić information content (AvgIpc) is 3.21. The van der Waals surface area contributed by atoms with Crippen molar-refractivity contribution in [3.8, 4) is 12.1 Å². The lowest BCUT2D eigenvalue weighted by Gasteiger charge is -2.34. The molecule has 0 amide bonds. The van der Waals surface area contributed by atoms with E-state index >= 15 is 0 Å². The number of aliphatic carboxylic acids is 2. The van der Waals surface area contributed by atoms with Crippen molar-refractivity contribution >= 4 is 23.6 Å². The summed E-state index contributed by atoms with van der Waals surface area (Å²) >= 11 is 0. The van der Waals surface area contributed by atoms with Crippen molar-refractivity contribution in [3.63, 3.8) is 0 Å². The van der Waals surface area contributed by atoms with Gasteiger partial charge in [0, 0.05) is 64.5 Å². The molecule has 6 rings (SSSR count). The van der Waals surface area contributed by atoms with Crippen LogP contribution in [0.1, 0.15) is 60.8 Å². The highest BCUT2D eigenvalue weighted by molar-refractivity contribution is 5.75. The normalized spacial score (nSPS) is 16.0. The molecule has 2 unspecified atom stereocenters. The fourth-order valence-corrected chi connectivity index (χ4v) is 6.73. The number of nitriles is 2. The largest absolute Gasteiger partial charge is 0.481 e. The zero-order valence-electron chi connectivity index (χ0n) is 33.1. The van der Waals surface area contributed by atoms with Crippen molar-refractivity contribution < 1.29 is 28.6 Å². The Morgan fingerprint density at radius 1 is 0.683 bits per heavy atom. The lowest BCUT2D eigenvalue weighted by molar-refractivity contribution is -0.143. The first kappa shape index (κ1) is 45.8. The van der Waals surface area contributed by atoms with E-state index < -0.39 is 46.1 Å². The summed E-state index contributed by atoms with van der Waals surface area (Å²) in [5.74, 6) is -2.24. The number of nitrogens with zero attached hydrogens (tertiary/aromatic N) is 8. The molecule has 18 nitrogen and oxygen atoms in total. The molecule has 318 valence electrons. The number of carbonyl (C=O) groups is 2. The highest BCUT2D eigenvalue weighted by Crippen LogP contribution is 2.21. The second-order valence-electron chi connectivity index (χ2n) is 14.3. The molecule has 2 atom stereocenters. The molecule has 60 heavy (non-hydrogen) atoms. The van der Waals surface area contributed by atoms with Gasteiger partial charge in [0.05, 0.1) is 49.2 Å². The third-order valence-electron chi connectivity index (χ3n) is 9.90. The molecule has 2 saturated heterocycles. The number of nitrogens with two attached hydrogens (primary N) is 2. The van der Waals surface area contributed by atoms with Gasteiger partial charge >= 0.3 is 23.3 Å². The summed E-state index contributed by atoms with van der Waals surface area (Å²) in [6, 6.07) is 14.4. The SMILES string of the molecule is Cn1c(=O)cc(N2CCCC(N)C2)n(Cc2cc(F)ccc2C#N)c1=O.Cn1c(=O)cc(N2CCCC(N)C2)n(Cc2cc(F)ccc2C#N)c1=O.O=C(O)CCC(=O)O. The van der Waals surface area contributed by atoms with Crippen LogP contribution in [0, 0.1) is 34.3 Å². The summed E-state index contributed by atoms with van der Waals surface area (Å²) in [7, 11) is 2.79. The van der Waals surface area contributed by atoms with Crippen molar-refractivity contribution in [1.82, 2.24) is 18.3 Å². The fraction of sp³-hybridized carbons (Fsp3) is 0.400. The van der Waals surface area contributed by atoms with Crippen LogP contribution in [-0.2, 0) is 36.8 Å². The second kappa shape index (κ2) is 20.7. The van der Waals surface area contributed by atoms with Gasteiger partial charge in [-0.15, -0.1) is 0 Å². The minimum Gasteiger partial charge on any atom is -0.481 e. The van der Waals surface area contributed by atoms with Crippen molar-refractivity contribution in [3.05, 3.63) is 124 Å². The Kier molecular flexibility index (Phi) is 15.8. The molecule has 20 heteroatoms. The molecule has 0 bridgehead atoms. The summed E-state index contributed by atoms with van der Waals surface area (Å²) < 4.78 is 32.1. The van der Waals surface area contributed by atoms with Crippen LogP contribution in [0.4, 0.5) is 20.4 Å². The molecule has 0 spiro atoms. The summed E-state index contributed by atoms with van der Waals surface area (Å²) in [6.45, 7) is 2.40. The van der Waals surface area contributed by atoms with E-state index in [1.165, 1.54) is 71.8 Å². The zero-order valence-corrected chi connectivity index (χ0v) is 33.1. The van der Waals surface area contributed by atoms with Crippen molar-refractivity contribution in [1.29, 1.82) is 10.5 Å². The molecule has 0 aliphatic carbocycles. The predicted octanol–water partition coefficient (Wildman–Crippen LogP) is 1.00.